The van der Waals surface area contributed by atoms with Crippen LogP contribution in [0.15, 0.2) is 18.2 Å². The van der Waals surface area contributed by atoms with Gasteiger partial charge in [0.05, 0.1) is 5.56 Å². The van der Waals surface area contributed by atoms with Crippen LogP contribution < -0.4 is 10.6 Å². The summed E-state index contributed by atoms with van der Waals surface area (Å²) in [5, 5.41) is 6.46. The number of rotatable bonds is 2. The minimum absolute atomic E-state index is 0.311. The van der Waals surface area contributed by atoms with Gasteiger partial charge in [0.15, 0.2) is 0 Å². The summed E-state index contributed by atoms with van der Waals surface area (Å²) in [4.78, 5) is 0. The van der Waals surface area contributed by atoms with Crippen LogP contribution in [0.5, 0.6) is 0 Å². The zero-order valence-electron chi connectivity index (χ0n) is 9.56. The molecule has 2 rings (SSSR count). The van der Waals surface area contributed by atoms with Gasteiger partial charge in [0.25, 0.3) is 0 Å². The lowest BCUT2D eigenvalue weighted by Crippen LogP contribution is -2.22. The van der Waals surface area contributed by atoms with Gasteiger partial charge in [-0.15, -0.1) is 0 Å². The number of halogens is 3. The fourth-order valence-corrected chi connectivity index (χ4v) is 2.00. The second kappa shape index (κ2) is 4.56. The summed E-state index contributed by atoms with van der Waals surface area (Å²) in [6.45, 7) is 3.51. The molecule has 1 fully saturated rings. The lowest BCUT2D eigenvalue weighted by atomic mass is 10.1. The van der Waals surface area contributed by atoms with E-state index in [1.54, 1.807) is 6.92 Å². The number of aryl methyl sites for hydroxylation is 1. The normalized spacial score (nSPS) is 20.6. The Hall–Kier alpha value is -1.23. The third-order valence-corrected chi connectivity index (χ3v) is 2.97. The summed E-state index contributed by atoms with van der Waals surface area (Å²) >= 11 is 0. The Morgan fingerprint density at radius 2 is 2.12 bits per heavy atom. The average Bonchev–Trinajstić information content (AvgIpc) is 2.72. The molecular weight excluding hydrogens is 229 g/mol. The van der Waals surface area contributed by atoms with Crippen molar-refractivity contribution >= 4 is 5.69 Å². The monoisotopic (exact) mass is 244 g/mol. The van der Waals surface area contributed by atoms with Gasteiger partial charge in [0.1, 0.15) is 0 Å². The highest BCUT2D eigenvalue weighted by atomic mass is 19.4. The molecule has 17 heavy (non-hydrogen) atoms. The second-order valence-electron chi connectivity index (χ2n) is 4.36. The molecule has 1 aliphatic heterocycles. The third-order valence-electron chi connectivity index (χ3n) is 2.97. The van der Waals surface area contributed by atoms with Crippen LogP contribution >= 0.6 is 0 Å². The van der Waals surface area contributed by atoms with Crippen LogP contribution in [0.1, 0.15) is 17.5 Å². The van der Waals surface area contributed by atoms with Crippen molar-refractivity contribution < 1.29 is 13.2 Å². The minimum atomic E-state index is -4.27. The summed E-state index contributed by atoms with van der Waals surface area (Å²) in [6, 6.07) is 4.13. The van der Waals surface area contributed by atoms with E-state index < -0.39 is 11.7 Å². The Kier molecular flexibility index (Phi) is 3.28. The average molecular weight is 244 g/mol. The maximum Gasteiger partial charge on any atom is 0.416 e. The lowest BCUT2D eigenvalue weighted by Gasteiger charge is -2.16. The lowest BCUT2D eigenvalue weighted by molar-refractivity contribution is -0.137. The molecule has 1 aromatic carbocycles. The topological polar surface area (TPSA) is 24.1 Å². The molecule has 0 spiro atoms. The summed E-state index contributed by atoms with van der Waals surface area (Å²) in [7, 11) is 0. The van der Waals surface area contributed by atoms with Crippen molar-refractivity contribution in [1.82, 2.24) is 5.32 Å². The Morgan fingerprint density at radius 1 is 1.35 bits per heavy atom. The molecule has 1 heterocycles. The summed E-state index contributed by atoms with van der Waals surface area (Å²) < 4.78 is 37.4. The minimum Gasteiger partial charge on any atom is -0.381 e. The number of benzene rings is 1. The molecular formula is C12H15F3N2. The van der Waals surface area contributed by atoms with Crippen LogP contribution in [0.4, 0.5) is 18.9 Å². The van der Waals surface area contributed by atoms with Gasteiger partial charge in [-0.1, -0.05) is 0 Å². The number of hydrogen-bond acceptors (Lipinski definition) is 2. The molecule has 1 saturated heterocycles. The van der Waals surface area contributed by atoms with E-state index in [2.05, 4.69) is 10.6 Å². The molecule has 2 N–H and O–H groups in total. The van der Waals surface area contributed by atoms with Crippen LogP contribution in [0.2, 0.25) is 0 Å². The number of nitrogens with one attached hydrogen (secondary N) is 2. The van der Waals surface area contributed by atoms with Crippen LogP contribution in [-0.4, -0.2) is 19.1 Å². The van der Waals surface area contributed by atoms with Gasteiger partial charge in [-0.25, -0.2) is 0 Å². The van der Waals surface area contributed by atoms with Gasteiger partial charge in [-0.2, -0.15) is 13.2 Å². The van der Waals surface area contributed by atoms with Crippen molar-refractivity contribution in [3.05, 3.63) is 29.3 Å². The van der Waals surface area contributed by atoms with Crippen molar-refractivity contribution in [2.24, 2.45) is 0 Å². The standard InChI is InChI=1S/C12H15F3N2/c1-8-6-9(12(13,14)15)2-3-11(8)17-10-4-5-16-7-10/h2-3,6,10,16-17H,4-5,7H2,1H3. The Morgan fingerprint density at radius 3 is 2.65 bits per heavy atom. The zero-order chi connectivity index (χ0) is 12.5. The van der Waals surface area contributed by atoms with E-state index in [9.17, 15) is 13.2 Å². The first-order chi connectivity index (χ1) is 7.97. The van der Waals surface area contributed by atoms with E-state index in [4.69, 9.17) is 0 Å². The molecule has 1 unspecified atom stereocenters. The van der Waals surface area contributed by atoms with Crippen LogP contribution in [0, 0.1) is 6.92 Å². The first kappa shape index (κ1) is 12.2. The molecule has 0 radical (unpaired) electrons. The molecule has 0 bridgehead atoms. The van der Waals surface area contributed by atoms with Gasteiger partial charge in [-0.05, 0) is 43.7 Å². The molecule has 5 heteroatoms. The number of alkyl halides is 3. The number of hydrogen-bond donors (Lipinski definition) is 2. The van der Waals surface area contributed by atoms with Crippen molar-refractivity contribution in [2.75, 3.05) is 18.4 Å². The van der Waals surface area contributed by atoms with Gasteiger partial charge >= 0.3 is 6.18 Å². The van der Waals surface area contributed by atoms with Crippen LogP contribution in [0.25, 0.3) is 0 Å². The quantitative estimate of drug-likeness (QED) is 0.836. The highest BCUT2D eigenvalue weighted by Crippen LogP contribution is 2.31. The molecule has 0 aromatic heterocycles. The van der Waals surface area contributed by atoms with Crippen molar-refractivity contribution in [2.45, 2.75) is 25.6 Å². The predicted octanol–water partition coefficient (Wildman–Crippen LogP) is 2.79. The summed E-state index contributed by atoms with van der Waals surface area (Å²) in [5.41, 5.74) is 0.823. The van der Waals surface area contributed by atoms with E-state index in [-0.39, 0.29) is 0 Å². The Bertz CT molecular complexity index is 395. The van der Waals surface area contributed by atoms with E-state index in [0.29, 0.717) is 11.6 Å². The Balaban J connectivity index is 2.14. The van der Waals surface area contributed by atoms with E-state index in [0.717, 1.165) is 31.3 Å². The van der Waals surface area contributed by atoms with Crippen molar-refractivity contribution in [1.29, 1.82) is 0 Å². The maximum atomic E-state index is 12.5. The van der Waals surface area contributed by atoms with Gasteiger partial charge in [-0.3, -0.25) is 0 Å². The van der Waals surface area contributed by atoms with Crippen LogP contribution in [-0.2, 0) is 6.18 Å². The van der Waals surface area contributed by atoms with Gasteiger partial charge in [0, 0.05) is 18.3 Å². The number of anilines is 1. The molecule has 0 saturated carbocycles. The molecule has 1 aliphatic rings. The van der Waals surface area contributed by atoms with Gasteiger partial charge in [0.2, 0.25) is 0 Å². The van der Waals surface area contributed by atoms with Crippen LogP contribution in [0.3, 0.4) is 0 Å². The SMILES string of the molecule is Cc1cc(C(F)(F)F)ccc1NC1CCNC1. The van der Waals surface area contributed by atoms with E-state index in [1.807, 2.05) is 0 Å². The molecule has 1 atom stereocenters. The molecule has 1 aromatic rings. The van der Waals surface area contributed by atoms with E-state index in [1.165, 1.54) is 12.1 Å². The molecule has 2 nitrogen and oxygen atoms in total. The zero-order valence-corrected chi connectivity index (χ0v) is 9.56. The predicted molar refractivity (Wildman–Crippen MR) is 61.1 cm³/mol. The smallest absolute Gasteiger partial charge is 0.381 e. The summed E-state index contributed by atoms with van der Waals surface area (Å²) in [5.74, 6) is 0. The first-order valence-electron chi connectivity index (χ1n) is 5.62. The highest BCUT2D eigenvalue weighted by molar-refractivity contribution is 5.53. The second-order valence-corrected chi connectivity index (χ2v) is 4.36. The van der Waals surface area contributed by atoms with Crippen molar-refractivity contribution in [3.63, 3.8) is 0 Å². The van der Waals surface area contributed by atoms with Gasteiger partial charge < -0.3 is 10.6 Å². The largest absolute Gasteiger partial charge is 0.416 e. The first-order valence-corrected chi connectivity index (χ1v) is 5.62. The highest BCUT2D eigenvalue weighted by Gasteiger charge is 2.30. The molecule has 0 aliphatic carbocycles. The fraction of sp³-hybridized carbons (Fsp3) is 0.500. The molecule has 94 valence electrons. The fourth-order valence-electron chi connectivity index (χ4n) is 2.00. The third kappa shape index (κ3) is 2.91. The molecule has 0 amide bonds. The maximum absolute atomic E-state index is 12.5. The van der Waals surface area contributed by atoms with E-state index >= 15 is 0 Å². The van der Waals surface area contributed by atoms with Crippen molar-refractivity contribution in [3.8, 4) is 0 Å². The Labute approximate surface area is 98.2 Å². The summed E-state index contributed by atoms with van der Waals surface area (Å²) in [6.07, 6.45) is -3.27.